The summed E-state index contributed by atoms with van der Waals surface area (Å²) < 4.78 is 0. The summed E-state index contributed by atoms with van der Waals surface area (Å²) in [6, 6.07) is 5.68. The number of nitrogens with zero attached hydrogens (tertiary/aromatic N) is 1. The topological polar surface area (TPSA) is 105 Å². The van der Waals surface area contributed by atoms with E-state index in [1.165, 1.54) is 0 Å². The molecular formula is C17H20N4O3. The molecule has 7 heteroatoms. The van der Waals surface area contributed by atoms with Crippen molar-refractivity contribution >= 4 is 17.7 Å². The van der Waals surface area contributed by atoms with E-state index in [9.17, 15) is 14.4 Å². The third-order valence-electron chi connectivity index (χ3n) is 5.07. The first-order valence-electron chi connectivity index (χ1n) is 8.29. The number of piperidine rings is 1. The summed E-state index contributed by atoms with van der Waals surface area (Å²) in [6.07, 6.45) is 1.63. The number of hydrogen-bond acceptors (Lipinski definition) is 5. The number of amides is 3. The quantitative estimate of drug-likeness (QED) is 0.655. The SMILES string of the molecule is N[C@@H]1C[C@@H]1NCc1cccc2c1CN(C1CCC(=O)NC1=O)C2=O. The Kier molecular flexibility index (Phi) is 3.62. The molecule has 1 saturated carbocycles. The molecule has 4 rings (SSSR count). The van der Waals surface area contributed by atoms with E-state index in [2.05, 4.69) is 10.6 Å². The van der Waals surface area contributed by atoms with Crippen molar-refractivity contribution in [3.05, 3.63) is 34.9 Å². The largest absolute Gasteiger partial charge is 0.326 e. The molecule has 2 fully saturated rings. The van der Waals surface area contributed by atoms with Gasteiger partial charge in [-0.25, -0.2) is 0 Å². The summed E-state index contributed by atoms with van der Waals surface area (Å²) in [6.45, 7) is 1.08. The van der Waals surface area contributed by atoms with Crippen LogP contribution in [0, 0.1) is 0 Å². The van der Waals surface area contributed by atoms with Gasteiger partial charge < -0.3 is 16.0 Å². The summed E-state index contributed by atoms with van der Waals surface area (Å²) in [5.74, 6) is -0.786. The lowest BCUT2D eigenvalue weighted by Crippen LogP contribution is -2.52. The Morgan fingerprint density at radius 3 is 2.79 bits per heavy atom. The lowest BCUT2D eigenvalue weighted by atomic mass is 10.0. The molecule has 126 valence electrons. The fraction of sp³-hybridized carbons (Fsp3) is 0.471. The van der Waals surface area contributed by atoms with E-state index in [-0.39, 0.29) is 30.2 Å². The van der Waals surface area contributed by atoms with Gasteiger partial charge in [-0.05, 0) is 30.0 Å². The van der Waals surface area contributed by atoms with Gasteiger partial charge in [-0.2, -0.15) is 0 Å². The Bertz CT molecular complexity index is 733. The summed E-state index contributed by atoms with van der Waals surface area (Å²) in [5, 5.41) is 5.72. The van der Waals surface area contributed by atoms with Crippen molar-refractivity contribution in [2.24, 2.45) is 5.73 Å². The van der Waals surface area contributed by atoms with Gasteiger partial charge >= 0.3 is 0 Å². The van der Waals surface area contributed by atoms with E-state index in [1.54, 1.807) is 11.0 Å². The maximum absolute atomic E-state index is 12.7. The zero-order valence-corrected chi connectivity index (χ0v) is 13.2. The van der Waals surface area contributed by atoms with Gasteiger partial charge in [-0.15, -0.1) is 0 Å². The highest BCUT2D eigenvalue weighted by Gasteiger charge is 2.40. The van der Waals surface area contributed by atoms with Gasteiger partial charge in [0.25, 0.3) is 5.91 Å². The van der Waals surface area contributed by atoms with Gasteiger partial charge in [0, 0.05) is 37.2 Å². The van der Waals surface area contributed by atoms with E-state index in [0.717, 1.165) is 17.5 Å². The minimum absolute atomic E-state index is 0.135. The standard InChI is InChI=1S/C17H20N4O3/c18-12-6-13(12)19-7-9-2-1-3-10-11(9)8-21(17(10)24)14-4-5-15(22)20-16(14)23/h1-3,12-14,19H,4-8,18H2,(H,20,22,23)/t12-,13+,14?/m1/s1. The van der Waals surface area contributed by atoms with Gasteiger partial charge in [-0.3, -0.25) is 19.7 Å². The van der Waals surface area contributed by atoms with E-state index in [4.69, 9.17) is 5.73 Å². The third-order valence-corrected chi connectivity index (χ3v) is 5.07. The Hall–Kier alpha value is -2.25. The molecule has 0 spiro atoms. The second kappa shape index (κ2) is 5.68. The average molecular weight is 328 g/mol. The number of imide groups is 1. The van der Waals surface area contributed by atoms with Gasteiger partial charge in [0.1, 0.15) is 6.04 Å². The van der Waals surface area contributed by atoms with E-state index >= 15 is 0 Å². The van der Waals surface area contributed by atoms with Crippen molar-refractivity contribution in [2.45, 2.75) is 50.5 Å². The molecule has 4 N–H and O–H groups in total. The highest BCUT2D eigenvalue weighted by atomic mass is 16.2. The lowest BCUT2D eigenvalue weighted by Gasteiger charge is -2.29. The van der Waals surface area contributed by atoms with Gasteiger partial charge in [0.05, 0.1) is 0 Å². The van der Waals surface area contributed by atoms with Crippen LogP contribution in [-0.4, -0.2) is 40.7 Å². The Morgan fingerprint density at radius 1 is 1.29 bits per heavy atom. The van der Waals surface area contributed by atoms with Crippen molar-refractivity contribution in [3.63, 3.8) is 0 Å². The number of nitrogens with one attached hydrogen (secondary N) is 2. The van der Waals surface area contributed by atoms with Crippen LogP contribution in [0.3, 0.4) is 0 Å². The van der Waals surface area contributed by atoms with E-state index in [0.29, 0.717) is 31.1 Å². The molecule has 0 bridgehead atoms. The van der Waals surface area contributed by atoms with Crippen LogP contribution in [0.1, 0.15) is 40.7 Å². The molecule has 24 heavy (non-hydrogen) atoms. The minimum Gasteiger partial charge on any atom is -0.326 e. The number of benzene rings is 1. The molecule has 0 radical (unpaired) electrons. The minimum atomic E-state index is -0.569. The fourth-order valence-electron chi connectivity index (χ4n) is 3.51. The van der Waals surface area contributed by atoms with Crippen molar-refractivity contribution < 1.29 is 14.4 Å². The predicted octanol–water partition coefficient (Wildman–Crippen LogP) is -0.363. The zero-order valence-electron chi connectivity index (χ0n) is 13.2. The Balaban J connectivity index is 1.53. The molecular weight excluding hydrogens is 308 g/mol. The molecule has 3 amide bonds. The monoisotopic (exact) mass is 328 g/mol. The highest BCUT2D eigenvalue weighted by molar-refractivity contribution is 6.05. The summed E-state index contributed by atoms with van der Waals surface area (Å²) in [5.41, 5.74) is 8.50. The maximum Gasteiger partial charge on any atom is 0.255 e. The first-order chi connectivity index (χ1) is 11.5. The van der Waals surface area contributed by atoms with Crippen molar-refractivity contribution in [1.29, 1.82) is 0 Å². The highest BCUT2D eigenvalue weighted by Crippen LogP contribution is 2.30. The van der Waals surface area contributed by atoms with Crippen LogP contribution in [0.25, 0.3) is 0 Å². The Labute approximate surface area is 139 Å². The lowest BCUT2D eigenvalue weighted by molar-refractivity contribution is -0.136. The van der Waals surface area contributed by atoms with Crippen molar-refractivity contribution in [3.8, 4) is 0 Å². The van der Waals surface area contributed by atoms with Crippen molar-refractivity contribution in [2.75, 3.05) is 0 Å². The van der Waals surface area contributed by atoms with Crippen LogP contribution in [-0.2, 0) is 22.7 Å². The molecule has 3 aliphatic rings. The van der Waals surface area contributed by atoms with E-state index < -0.39 is 6.04 Å². The molecule has 0 aromatic heterocycles. The van der Waals surface area contributed by atoms with Crippen LogP contribution in [0.15, 0.2) is 18.2 Å². The van der Waals surface area contributed by atoms with Crippen LogP contribution >= 0.6 is 0 Å². The second-order valence-electron chi connectivity index (χ2n) is 6.73. The number of carbonyl (C=O) groups excluding carboxylic acids is 3. The maximum atomic E-state index is 12.7. The Morgan fingerprint density at radius 2 is 2.08 bits per heavy atom. The molecule has 2 aliphatic heterocycles. The van der Waals surface area contributed by atoms with Crippen LogP contribution in [0.2, 0.25) is 0 Å². The fourth-order valence-corrected chi connectivity index (χ4v) is 3.51. The van der Waals surface area contributed by atoms with Crippen LogP contribution < -0.4 is 16.4 Å². The summed E-state index contributed by atoms with van der Waals surface area (Å²) >= 11 is 0. The number of nitrogens with two attached hydrogens (primary N) is 1. The number of carbonyl (C=O) groups is 3. The normalized spacial score (nSPS) is 28.8. The number of hydrogen-bond donors (Lipinski definition) is 3. The van der Waals surface area contributed by atoms with Gasteiger partial charge in [0.2, 0.25) is 11.8 Å². The van der Waals surface area contributed by atoms with Crippen LogP contribution in [0.5, 0.6) is 0 Å². The molecule has 1 aliphatic carbocycles. The first kappa shape index (κ1) is 15.3. The van der Waals surface area contributed by atoms with Crippen LogP contribution in [0.4, 0.5) is 0 Å². The average Bonchev–Trinajstić information content (AvgIpc) is 3.16. The molecule has 1 unspecified atom stereocenters. The molecule has 1 aromatic carbocycles. The molecule has 7 nitrogen and oxygen atoms in total. The molecule has 1 saturated heterocycles. The molecule has 3 atom stereocenters. The van der Waals surface area contributed by atoms with Gasteiger partial charge in [0.15, 0.2) is 0 Å². The first-order valence-corrected chi connectivity index (χ1v) is 8.29. The summed E-state index contributed by atoms with van der Waals surface area (Å²) in [4.78, 5) is 37.7. The van der Waals surface area contributed by atoms with Crippen molar-refractivity contribution in [1.82, 2.24) is 15.5 Å². The zero-order chi connectivity index (χ0) is 16.8. The second-order valence-corrected chi connectivity index (χ2v) is 6.73. The third kappa shape index (κ3) is 2.59. The number of rotatable bonds is 4. The smallest absolute Gasteiger partial charge is 0.255 e. The van der Waals surface area contributed by atoms with E-state index in [1.807, 2.05) is 12.1 Å². The molecule has 1 aromatic rings. The molecule has 2 heterocycles. The van der Waals surface area contributed by atoms with Gasteiger partial charge in [-0.1, -0.05) is 12.1 Å². The summed E-state index contributed by atoms with van der Waals surface area (Å²) in [7, 11) is 0. The number of fused-ring (bicyclic) bond motifs is 1. The predicted molar refractivity (Wildman–Crippen MR) is 85.7 cm³/mol.